The van der Waals surface area contributed by atoms with Gasteiger partial charge in [0.05, 0.1) is 23.7 Å². The zero-order valence-corrected chi connectivity index (χ0v) is 15.5. The SMILES string of the molecule is CCCN(CC(F)F)C(=O)c1cc(C(C)C)nc2c1cnn2C(C)C. The third-order valence-corrected chi connectivity index (χ3v) is 4.04. The molecule has 0 aliphatic rings. The number of aromatic nitrogens is 3. The van der Waals surface area contributed by atoms with Gasteiger partial charge in [-0.15, -0.1) is 0 Å². The van der Waals surface area contributed by atoms with Crippen molar-refractivity contribution in [2.75, 3.05) is 13.1 Å². The first kappa shape index (κ1) is 19.3. The summed E-state index contributed by atoms with van der Waals surface area (Å²) in [5.74, 6) is -0.277. The molecule has 2 aromatic heterocycles. The number of hydrogen-bond acceptors (Lipinski definition) is 3. The second kappa shape index (κ2) is 7.89. The van der Waals surface area contributed by atoms with Crippen LogP contribution in [0.1, 0.15) is 69.1 Å². The topological polar surface area (TPSA) is 51.0 Å². The molecule has 0 aromatic carbocycles. The van der Waals surface area contributed by atoms with Crippen molar-refractivity contribution in [2.24, 2.45) is 0 Å². The first-order chi connectivity index (χ1) is 11.8. The third-order valence-electron chi connectivity index (χ3n) is 4.04. The molecule has 25 heavy (non-hydrogen) atoms. The van der Waals surface area contributed by atoms with Gasteiger partial charge in [-0.25, -0.2) is 18.4 Å². The van der Waals surface area contributed by atoms with Gasteiger partial charge in [-0.3, -0.25) is 4.79 Å². The molecule has 0 aliphatic carbocycles. The zero-order chi connectivity index (χ0) is 18.7. The Morgan fingerprint density at radius 1 is 1.28 bits per heavy atom. The summed E-state index contributed by atoms with van der Waals surface area (Å²) in [4.78, 5) is 18.8. The van der Waals surface area contributed by atoms with Gasteiger partial charge in [0.1, 0.15) is 0 Å². The monoisotopic (exact) mass is 352 g/mol. The molecular formula is C18H26F2N4O. The predicted octanol–water partition coefficient (Wildman–Crippen LogP) is 4.25. The molecule has 0 radical (unpaired) electrons. The molecule has 7 heteroatoms. The Balaban J connectivity index is 2.60. The van der Waals surface area contributed by atoms with Crippen LogP contribution in [0.3, 0.4) is 0 Å². The average Bonchev–Trinajstić information content (AvgIpc) is 2.96. The van der Waals surface area contributed by atoms with Gasteiger partial charge in [-0.1, -0.05) is 20.8 Å². The Labute approximate surface area is 147 Å². The first-order valence-corrected chi connectivity index (χ1v) is 8.71. The molecule has 2 heterocycles. The van der Waals surface area contributed by atoms with Crippen LogP contribution in [0.4, 0.5) is 8.78 Å². The number of carbonyl (C=O) groups excluding carboxylic acids is 1. The molecule has 0 atom stereocenters. The number of nitrogens with zero attached hydrogens (tertiary/aromatic N) is 4. The Kier molecular flexibility index (Phi) is 6.08. The third kappa shape index (κ3) is 4.14. The van der Waals surface area contributed by atoms with Crippen molar-refractivity contribution in [2.45, 2.75) is 59.4 Å². The lowest BCUT2D eigenvalue weighted by Gasteiger charge is -2.22. The quantitative estimate of drug-likeness (QED) is 0.748. The number of hydrogen-bond donors (Lipinski definition) is 0. The Bertz CT molecular complexity index is 740. The van der Waals surface area contributed by atoms with Crippen LogP contribution in [0, 0.1) is 0 Å². The summed E-state index contributed by atoms with van der Waals surface area (Å²) in [5.41, 5.74) is 1.78. The Morgan fingerprint density at radius 2 is 1.96 bits per heavy atom. The minimum absolute atomic E-state index is 0.0863. The van der Waals surface area contributed by atoms with E-state index in [2.05, 4.69) is 10.1 Å². The molecule has 2 rings (SSSR count). The van der Waals surface area contributed by atoms with Crippen molar-refractivity contribution >= 4 is 16.9 Å². The second-order valence-corrected chi connectivity index (χ2v) is 6.81. The summed E-state index contributed by atoms with van der Waals surface area (Å²) < 4.78 is 27.5. The van der Waals surface area contributed by atoms with Gasteiger partial charge < -0.3 is 4.90 Å². The van der Waals surface area contributed by atoms with Crippen molar-refractivity contribution in [1.29, 1.82) is 0 Å². The van der Waals surface area contributed by atoms with E-state index in [0.29, 0.717) is 29.6 Å². The van der Waals surface area contributed by atoms with Gasteiger partial charge in [0.15, 0.2) is 5.65 Å². The highest BCUT2D eigenvalue weighted by Crippen LogP contribution is 2.25. The molecule has 2 aromatic rings. The smallest absolute Gasteiger partial charge is 0.255 e. The van der Waals surface area contributed by atoms with E-state index in [-0.39, 0.29) is 17.9 Å². The molecule has 0 saturated carbocycles. The Morgan fingerprint density at radius 3 is 2.48 bits per heavy atom. The number of pyridine rings is 1. The fraction of sp³-hybridized carbons (Fsp3) is 0.611. The molecule has 0 bridgehead atoms. The lowest BCUT2D eigenvalue weighted by atomic mass is 10.0. The summed E-state index contributed by atoms with van der Waals surface area (Å²) >= 11 is 0. The number of halogens is 2. The standard InChI is InChI=1S/C18H26F2N4O/c1-6-7-23(10-16(19)20)18(25)13-8-15(11(2)3)22-17-14(13)9-21-24(17)12(4)5/h8-9,11-12,16H,6-7,10H2,1-5H3. The lowest BCUT2D eigenvalue weighted by Crippen LogP contribution is -2.36. The maximum atomic E-state index is 13.0. The fourth-order valence-corrected chi connectivity index (χ4v) is 2.77. The number of amides is 1. The van der Waals surface area contributed by atoms with Crippen LogP contribution >= 0.6 is 0 Å². The van der Waals surface area contributed by atoms with Crippen molar-refractivity contribution in [3.63, 3.8) is 0 Å². The summed E-state index contributed by atoms with van der Waals surface area (Å²) in [6.45, 7) is 9.54. The summed E-state index contributed by atoms with van der Waals surface area (Å²) in [5, 5.41) is 4.95. The second-order valence-electron chi connectivity index (χ2n) is 6.81. The van der Waals surface area contributed by atoms with Gasteiger partial charge in [0.25, 0.3) is 12.3 Å². The van der Waals surface area contributed by atoms with E-state index < -0.39 is 13.0 Å². The molecular weight excluding hydrogens is 326 g/mol. The maximum Gasteiger partial charge on any atom is 0.255 e. The molecule has 5 nitrogen and oxygen atoms in total. The molecule has 0 spiro atoms. The summed E-state index contributed by atoms with van der Waals surface area (Å²) in [7, 11) is 0. The van der Waals surface area contributed by atoms with Crippen LogP contribution in [0.25, 0.3) is 11.0 Å². The van der Waals surface area contributed by atoms with E-state index in [1.54, 1.807) is 16.9 Å². The molecule has 0 unspecified atom stereocenters. The van der Waals surface area contributed by atoms with E-state index in [9.17, 15) is 13.6 Å². The molecule has 0 fully saturated rings. The Hall–Kier alpha value is -2.05. The van der Waals surface area contributed by atoms with E-state index in [0.717, 1.165) is 5.69 Å². The van der Waals surface area contributed by atoms with Gasteiger partial charge in [-0.2, -0.15) is 5.10 Å². The molecule has 1 amide bonds. The molecule has 0 N–H and O–H groups in total. The van der Waals surface area contributed by atoms with Crippen LogP contribution in [-0.2, 0) is 0 Å². The first-order valence-electron chi connectivity index (χ1n) is 8.71. The number of alkyl halides is 2. The van der Waals surface area contributed by atoms with Gasteiger partial charge in [0, 0.05) is 18.3 Å². The van der Waals surface area contributed by atoms with Crippen LogP contribution in [0.5, 0.6) is 0 Å². The minimum atomic E-state index is -2.56. The van der Waals surface area contributed by atoms with Crippen molar-refractivity contribution in [3.05, 3.63) is 23.5 Å². The van der Waals surface area contributed by atoms with Crippen molar-refractivity contribution in [3.8, 4) is 0 Å². The summed E-state index contributed by atoms with van der Waals surface area (Å²) in [6.07, 6.45) is -0.336. The highest BCUT2D eigenvalue weighted by Gasteiger charge is 2.24. The average molecular weight is 352 g/mol. The molecule has 0 aliphatic heterocycles. The van der Waals surface area contributed by atoms with E-state index in [4.69, 9.17) is 0 Å². The maximum absolute atomic E-state index is 13.0. The van der Waals surface area contributed by atoms with Gasteiger partial charge in [0.2, 0.25) is 0 Å². The number of rotatable bonds is 7. The largest absolute Gasteiger partial charge is 0.333 e. The van der Waals surface area contributed by atoms with E-state index in [1.807, 2.05) is 34.6 Å². The van der Waals surface area contributed by atoms with Gasteiger partial charge in [-0.05, 0) is 32.3 Å². The van der Waals surface area contributed by atoms with Crippen LogP contribution < -0.4 is 0 Å². The lowest BCUT2D eigenvalue weighted by molar-refractivity contribution is 0.0557. The van der Waals surface area contributed by atoms with Crippen LogP contribution in [0.15, 0.2) is 12.3 Å². The van der Waals surface area contributed by atoms with Crippen LogP contribution in [-0.4, -0.2) is 45.1 Å². The minimum Gasteiger partial charge on any atom is -0.333 e. The van der Waals surface area contributed by atoms with Gasteiger partial charge >= 0.3 is 0 Å². The number of fused-ring (bicyclic) bond motifs is 1. The normalized spacial score (nSPS) is 11.9. The zero-order valence-electron chi connectivity index (χ0n) is 15.5. The summed E-state index contributed by atoms with van der Waals surface area (Å²) in [6, 6.07) is 1.80. The van der Waals surface area contributed by atoms with Crippen molar-refractivity contribution in [1.82, 2.24) is 19.7 Å². The van der Waals surface area contributed by atoms with E-state index >= 15 is 0 Å². The highest BCUT2D eigenvalue weighted by atomic mass is 19.3. The van der Waals surface area contributed by atoms with E-state index in [1.165, 1.54) is 4.90 Å². The molecule has 138 valence electrons. The van der Waals surface area contributed by atoms with Crippen molar-refractivity contribution < 1.29 is 13.6 Å². The highest BCUT2D eigenvalue weighted by molar-refractivity contribution is 6.05. The van der Waals surface area contributed by atoms with Crippen LogP contribution in [0.2, 0.25) is 0 Å². The number of carbonyl (C=O) groups is 1. The fourth-order valence-electron chi connectivity index (χ4n) is 2.77. The molecule has 0 saturated heterocycles. The predicted molar refractivity (Wildman–Crippen MR) is 94.2 cm³/mol.